The van der Waals surface area contributed by atoms with Gasteiger partial charge in [0.15, 0.2) is 0 Å². The fraction of sp³-hybridized carbons (Fsp3) is 0.500. The predicted molar refractivity (Wildman–Crippen MR) is 59.5 cm³/mol. The minimum Gasteiger partial charge on any atom is -0.384 e. The van der Waals surface area contributed by atoms with Crippen LogP contribution < -0.4 is 5.73 Å². The maximum absolute atomic E-state index is 5.60. The Morgan fingerprint density at radius 2 is 1.93 bits per heavy atom. The quantitative estimate of drug-likeness (QED) is 0.775. The van der Waals surface area contributed by atoms with E-state index in [2.05, 4.69) is 31.2 Å². The molecule has 0 saturated heterocycles. The van der Waals surface area contributed by atoms with Gasteiger partial charge in [-0.15, -0.1) is 0 Å². The van der Waals surface area contributed by atoms with Crippen molar-refractivity contribution in [2.75, 3.05) is 20.3 Å². The molecular weight excluding hydrogens is 174 g/mol. The van der Waals surface area contributed by atoms with Gasteiger partial charge in [-0.1, -0.05) is 31.2 Å². The van der Waals surface area contributed by atoms with Gasteiger partial charge in [0.1, 0.15) is 0 Å². The molecule has 1 rings (SSSR count). The van der Waals surface area contributed by atoms with Crippen LogP contribution in [0.4, 0.5) is 0 Å². The molecule has 0 aliphatic rings. The van der Waals surface area contributed by atoms with Crippen LogP contribution in [0, 0.1) is 0 Å². The van der Waals surface area contributed by atoms with Crippen molar-refractivity contribution in [2.45, 2.75) is 19.3 Å². The lowest BCUT2D eigenvalue weighted by atomic mass is 9.99. The molecule has 2 heteroatoms. The fourth-order valence-electron chi connectivity index (χ4n) is 1.37. The monoisotopic (exact) mass is 193 g/mol. The van der Waals surface area contributed by atoms with Gasteiger partial charge in [0, 0.05) is 7.11 Å². The highest BCUT2D eigenvalue weighted by Crippen LogP contribution is 2.14. The zero-order valence-corrected chi connectivity index (χ0v) is 8.99. The van der Waals surface area contributed by atoms with Crippen LogP contribution in [0.5, 0.6) is 0 Å². The number of methoxy groups -OCH3 is 1. The van der Waals surface area contributed by atoms with Gasteiger partial charge >= 0.3 is 0 Å². The lowest BCUT2D eigenvalue weighted by molar-refractivity contribution is 0.202. The van der Waals surface area contributed by atoms with Crippen LogP contribution >= 0.6 is 0 Å². The van der Waals surface area contributed by atoms with Gasteiger partial charge in [-0.2, -0.15) is 0 Å². The second-order valence-electron chi connectivity index (χ2n) is 3.62. The summed E-state index contributed by atoms with van der Waals surface area (Å²) in [6.07, 6.45) is 0.980. The number of nitrogens with two attached hydrogens (primary N) is 1. The SMILES string of the molecule is COCCc1ccc(C(C)CN)cc1. The van der Waals surface area contributed by atoms with Gasteiger partial charge in [-0.3, -0.25) is 0 Å². The van der Waals surface area contributed by atoms with Crippen LogP contribution in [-0.2, 0) is 11.2 Å². The summed E-state index contributed by atoms with van der Waals surface area (Å²) in [5.41, 5.74) is 8.24. The van der Waals surface area contributed by atoms with Gasteiger partial charge in [0.2, 0.25) is 0 Å². The largest absolute Gasteiger partial charge is 0.384 e. The van der Waals surface area contributed by atoms with Crippen molar-refractivity contribution in [3.63, 3.8) is 0 Å². The summed E-state index contributed by atoms with van der Waals surface area (Å²) in [6.45, 7) is 3.63. The summed E-state index contributed by atoms with van der Waals surface area (Å²) in [7, 11) is 1.73. The maximum Gasteiger partial charge on any atom is 0.0502 e. The molecule has 1 aromatic rings. The molecule has 1 unspecified atom stereocenters. The van der Waals surface area contributed by atoms with E-state index in [1.54, 1.807) is 7.11 Å². The van der Waals surface area contributed by atoms with Crippen LogP contribution in [0.3, 0.4) is 0 Å². The van der Waals surface area contributed by atoms with E-state index >= 15 is 0 Å². The Morgan fingerprint density at radius 3 is 2.43 bits per heavy atom. The maximum atomic E-state index is 5.60. The average molecular weight is 193 g/mol. The molecule has 2 N–H and O–H groups in total. The van der Waals surface area contributed by atoms with E-state index in [-0.39, 0.29) is 0 Å². The summed E-state index contributed by atoms with van der Waals surface area (Å²) in [5, 5.41) is 0. The summed E-state index contributed by atoms with van der Waals surface area (Å²) in [5.74, 6) is 0.450. The number of benzene rings is 1. The summed E-state index contributed by atoms with van der Waals surface area (Å²) < 4.78 is 5.02. The Kier molecular flexibility index (Phi) is 4.63. The minimum absolute atomic E-state index is 0.450. The van der Waals surface area contributed by atoms with Gasteiger partial charge in [0.05, 0.1) is 6.61 Å². The van der Waals surface area contributed by atoms with Gasteiger partial charge in [0.25, 0.3) is 0 Å². The molecule has 0 aromatic heterocycles. The molecule has 0 spiro atoms. The van der Waals surface area contributed by atoms with Crippen molar-refractivity contribution in [1.29, 1.82) is 0 Å². The van der Waals surface area contributed by atoms with E-state index in [4.69, 9.17) is 10.5 Å². The minimum atomic E-state index is 0.450. The molecule has 14 heavy (non-hydrogen) atoms. The zero-order valence-electron chi connectivity index (χ0n) is 8.99. The summed E-state index contributed by atoms with van der Waals surface area (Å²) >= 11 is 0. The summed E-state index contributed by atoms with van der Waals surface area (Å²) in [4.78, 5) is 0. The van der Waals surface area contributed by atoms with Gasteiger partial charge in [-0.05, 0) is 30.0 Å². The lowest BCUT2D eigenvalue weighted by Crippen LogP contribution is -2.08. The molecule has 2 nitrogen and oxygen atoms in total. The topological polar surface area (TPSA) is 35.2 Å². The first-order chi connectivity index (χ1) is 6.77. The van der Waals surface area contributed by atoms with Crippen LogP contribution in [0.15, 0.2) is 24.3 Å². The van der Waals surface area contributed by atoms with E-state index in [1.165, 1.54) is 11.1 Å². The molecule has 0 saturated carbocycles. The molecule has 1 atom stereocenters. The zero-order chi connectivity index (χ0) is 10.4. The lowest BCUT2D eigenvalue weighted by Gasteiger charge is -2.09. The first-order valence-corrected chi connectivity index (χ1v) is 5.05. The van der Waals surface area contributed by atoms with E-state index in [9.17, 15) is 0 Å². The van der Waals surface area contributed by atoms with Crippen molar-refractivity contribution in [1.82, 2.24) is 0 Å². The smallest absolute Gasteiger partial charge is 0.0502 e. The van der Waals surface area contributed by atoms with Crippen LogP contribution in [-0.4, -0.2) is 20.3 Å². The first-order valence-electron chi connectivity index (χ1n) is 5.05. The van der Waals surface area contributed by atoms with E-state index < -0.39 is 0 Å². The highest BCUT2D eigenvalue weighted by Gasteiger charge is 2.02. The third-order valence-electron chi connectivity index (χ3n) is 2.50. The number of rotatable bonds is 5. The van der Waals surface area contributed by atoms with Crippen molar-refractivity contribution in [2.24, 2.45) is 5.73 Å². The standard InChI is InChI=1S/C12H19NO/c1-10(9-13)12-5-3-11(4-6-12)7-8-14-2/h3-6,10H,7-9,13H2,1-2H3. The van der Waals surface area contributed by atoms with Crippen LogP contribution in [0.2, 0.25) is 0 Å². The Bertz CT molecular complexity index is 256. The normalized spacial score (nSPS) is 12.8. The van der Waals surface area contributed by atoms with Crippen molar-refractivity contribution in [3.05, 3.63) is 35.4 Å². The Hall–Kier alpha value is -0.860. The van der Waals surface area contributed by atoms with E-state index in [1.807, 2.05) is 0 Å². The highest BCUT2D eigenvalue weighted by molar-refractivity contribution is 5.25. The molecule has 0 aliphatic carbocycles. The summed E-state index contributed by atoms with van der Waals surface area (Å²) in [6, 6.07) is 8.62. The second kappa shape index (κ2) is 5.78. The fourth-order valence-corrected chi connectivity index (χ4v) is 1.37. The third kappa shape index (κ3) is 3.13. The number of ether oxygens (including phenoxy) is 1. The molecule has 0 heterocycles. The molecule has 0 radical (unpaired) electrons. The van der Waals surface area contributed by atoms with Gasteiger partial charge in [-0.25, -0.2) is 0 Å². The second-order valence-corrected chi connectivity index (χ2v) is 3.62. The molecule has 0 fully saturated rings. The average Bonchev–Trinajstić information content (AvgIpc) is 2.26. The molecule has 78 valence electrons. The molecule has 0 bridgehead atoms. The van der Waals surface area contributed by atoms with Crippen LogP contribution in [0.1, 0.15) is 24.0 Å². The van der Waals surface area contributed by atoms with E-state index in [0.717, 1.165) is 13.0 Å². The molecule has 1 aromatic carbocycles. The first kappa shape index (κ1) is 11.2. The Balaban J connectivity index is 2.59. The van der Waals surface area contributed by atoms with Crippen LogP contribution in [0.25, 0.3) is 0 Å². The number of hydrogen-bond donors (Lipinski definition) is 1. The molecule has 0 amide bonds. The highest BCUT2D eigenvalue weighted by atomic mass is 16.5. The Morgan fingerprint density at radius 1 is 1.29 bits per heavy atom. The van der Waals surface area contributed by atoms with Crippen molar-refractivity contribution in [3.8, 4) is 0 Å². The third-order valence-corrected chi connectivity index (χ3v) is 2.50. The predicted octanol–water partition coefficient (Wildman–Crippen LogP) is 1.94. The molecular formula is C12H19NO. The number of hydrogen-bond acceptors (Lipinski definition) is 2. The van der Waals surface area contributed by atoms with Gasteiger partial charge < -0.3 is 10.5 Å². The van der Waals surface area contributed by atoms with E-state index in [0.29, 0.717) is 12.5 Å². The van der Waals surface area contributed by atoms with Crippen molar-refractivity contribution < 1.29 is 4.74 Å². The molecule has 0 aliphatic heterocycles. The Labute approximate surface area is 86.1 Å². The van der Waals surface area contributed by atoms with Crippen molar-refractivity contribution >= 4 is 0 Å².